The maximum absolute atomic E-state index is 8.28. The quantitative estimate of drug-likeness (QED) is 0.177. The van der Waals surface area contributed by atoms with Crippen molar-refractivity contribution >= 4 is 44.6 Å². The molecule has 9 rings (SSSR count). The van der Waals surface area contributed by atoms with Crippen molar-refractivity contribution in [3.8, 4) is 27.9 Å². The van der Waals surface area contributed by atoms with E-state index in [1.807, 2.05) is 12.1 Å². The highest BCUT2D eigenvalue weighted by atomic mass is 15.2. The minimum absolute atomic E-state index is 0.222. The number of nitrogens with zero attached hydrogens (tertiary/aromatic N) is 3. The van der Waals surface area contributed by atoms with E-state index in [2.05, 4.69) is 180 Å². The number of anilines is 3. The lowest BCUT2D eigenvalue weighted by atomic mass is 9.72. The Morgan fingerprint density at radius 3 is 1.84 bits per heavy atom. The van der Waals surface area contributed by atoms with Crippen LogP contribution >= 0.6 is 0 Å². The molecule has 232 valence electrons. The molecule has 3 nitrogen and oxygen atoms in total. The molecule has 0 N–H and O–H groups in total. The van der Waals surface area contributed by atoms with Gasteiger partial charge in [-0.25, -0.2) is 4.85 Å². The number of benzene rings is 7. The normalized spacial score (nSPS) is 13.2. The van der Waals surface area contributed by atoms with Gasteiger partial charge in [0, 0.05) is 21.9 Å². The van der Waals surface area contributed by atoms with Gasteiger partial charge in [-0.1, -0.05) is 135 Å². The molecule has 1 aromatic heterocycles. The molecule has 1 aliphatic heterocycles. The largest absolute Gasteiger partial charge is 0.318 e. The molecule has 0 saturated carbocycles. The molecule has 0 amide bonds. The van der Waals surface area contributed by atoms with Gasteiger partial charge < -0.3 is 9.47 Å². The van der Waals surface area contributed by atoms with Crippen LogP contribution in [0.3, 0.4) is 0 Å². The van der Waals surface area contributed by atoms with E-state index in [0.717, 1.165) is 44.7 Å². The molecule has 0 saturated heterocycles. The summed E-state index contributed by atoms with van der Waals surface area (Å²) < 4.78 is 2.29. The highest BCUT2D eigenvalue weighted by Gasteiger charge is 2.37. The second-order valence-electron chi connectivity index (χ2n) is 13.2. The summed E-state index contributed by atoms with van der Waals surface area (Å²) in [6.07, 6.45) is 0. The second-order valence-corrected chi connectivity index (χ2v) is 13.2. The SMILES string of the molecule is [C-]#[N+]c1cccc(-c2ccccc2-c2ccc3c(c2)C(C)(C)c2ccccc2N3c2ccccc2)c1-n1c2ccccc2c2ccccc21. The summed E-state index contributed by atoms with van der Waals surface area (Å²) in [7, 11) is 0. The van der Waals surface area contributed by atoms with Crippen LogP contribution in [0.2, 0.25) is 0 Å². The fraction of sp³-hybridized carbons (Fsp3) is 0.0652. The lowest BCUT2D eigenvalue weighted by Crippen LogP contribution is -2.30. The fourth-order valence-corrected chi connectivity index (χ4v) is 7.93. The number of fused-ring (bicyclic) bond motifs is 5. The zero-order chi connectivity index (χ0) is 33.1. The van der Waals surface area contributed by atoms with Crippen LogP contribution in [0.5, 0.6) is 0 Å². The fourth-order valence-electron chi connectivity index (χ4n) is 7.93. The molecule has 0 spiro atoms. The van der Waals surface area contributed by atoms with Crippen molar-refractivity contribution in [2.75, 3.05) is 4.90 Å². The van der Waals surface area contributed by atoms with Crippen LogP contribution in [0.15, 0.2) is 164 Å². The van der Waals surface area contributed by atoms with Gasteiger partial charge in [-0.3, -0.25) is 0 Å². The van der Waals surface area contributed by atoms with Gasteiger partial charge >= 0.3 is 0 Å². The first-order valence-electron chi connectivity index (χ1n) is 16.7. The second kappa shape index (κ2) is 11.1. The number of hydrogen-bond acceptors (Lipinski definition) is 1. The molecule has 3 heteroatoms. The molecule has 2 heterocycles. The van der Waals surface area contributed by atoms with Gasteiger partial charge in [-0.15, -0.1) is 0 Å². The van der Waals surface area contributed by atoms with Gasteiger partial charge in [0.05, 0.1) is 34.7 Å². The first-order valence-corrected chi connectivity index (χ1v) is 16.7. The Balaban J connectivity index is 1.28. The monoisotopic (exact) mass is 627 g/mol. The Morgan fingerprint density at radius 1 is 0.510 bits per heavy atom. The molecule has 0 aliphatic carbocycles. The zero-order valence-electron chi connectivity index (χ0n) is 27.4. The number of hydrogen-bond donors (Lipinski definition) is 0. The smallest absolute Gasteiger partial charge is 0.211 e. The third-order valence-corrected chi connectivity index (χ3v) is 10.2. The average molecular weight is 628 g/mol. The van der Waals surface area contributed by atoms with Crippen LogP contribution in [0.25, 0.3) is 54.6 Å². The third kappa shape index (κ3) is 4.35. The summed E-state index contributed by atoms with van der Waals surface area (Å²) in [5.74, 6) is 0. The van der Waals surface area contributed by atoms with E-state index in [1.54, 1.807) is 0 Å². The zero-order valence-corrected chi connectivity index (χ0v) is 27.4. The van der Waals surface area contributed by atoms with Gasteiger partial charge in [0.25, 0.3) is 0 Å². The highest BCUT2D eigenvalue weighted by molar-refractivity contribution is 6.10. The lowest BCUT2D eigenvalue weighted by molar-refractivity contribution is 0.632. The molecule has 8 aromatic rings. The predicted octanol–water partition coefficient (Wildman–Crippen LogP) is 12.8. The van der Waals surface area contributed by atoms with Crippen LogP contribution in [0, 0.1) is 6.57 Å². The van der Waals surface area contributed by atoms with Crippen molar-refractivity contribution in [2.45, 2.75) is 19.3 Å². The van der Waals surface area contributed by atoms with E-state index < -0.39 is 0 Å². The average Bonchev–Trinajstić information content (AvgIpc) is 3.49. The Kier molecular flexibility index (Phi) is 6.54. The van der Waals surface area contributed by atoms with Crippen molar-refractivity contribution in [1.82, 2.24) is 4.57 Å². The number of para-hydroxylation sites is 5. The van der Waals surface area contributed by atoms with Crippen molar-refractivity contribution in [1.29, 1.82) is 0 Å². The molecular formula is C46H33N3. The highest BCUT2D eigenvalue weighted by Crippen LogP contribution is 2.53. The van der Waals surface area contributed by atoms with Gasteiger partial charge in [0.1, 0.15) is 0 Å². The van der Waals surface area contributed by atoms with Gasteiger partial charge in [-0.2, -0.15) is 0 Å². The summed E-state index contributed by atoms with van der Waals surface area (Å²) in [5.41, 5.74) is 14.0. The topological polar surface area (TPSA) is 12.5 Å². The van der Waals surface area contributed by atoms with Gasteiger partial charge in [0.15, 0.2) is 0 Å². The Bertz CT molecular complexity index is 2550. The van der Waals surface area contributed by atoms with Gasteiger partial charge in [0.2, 0.25) is 5.69 Å². The standard InChI is InChI=1S/C46H33N3/c1-46(2)38-23-11-14-27-43(38)48(32-16-5-4-6-17-32)44-29-28-31(30-39(44)46)33-18-7-8-19-34(33)37-22-15-24-40(47-3)45(37)49-41-25-12-9-20-35(41)36-21-10-13-26-42(36)49/h4-30H,1-2H3. The Hall–Kier alpha value is -6.37. The summed E-state index contributed by atoms with van der Waals surface area (Å²) in [6.45, 7) is 13.0. The molecule has 0 radical (unpaired) electrons. The van der Waals surface area contributed by atoms with E-state index in [4.69, 9.17) is 6.57 Å². The summed E-state index contributed by atoms with van der Waals surface area (Å²) >= 11 is 0. The van der Waals surface area contributed by atoms with Crippen molar-refractivity contribution in [3.05, 3.63) is 186 Å². The van der Waals surface area contributed by atoms with E-state index in [9.17, 15) is 0 Å². The lowest BCUT2D eigenvalue weighted by Gasteiger charge is -2.42. The summed E-state index contributed by atoms with van der Waals surface area (Å²) in [4.78, 5) is 6.48. The first kappa shape index (κ1) is 28.8. The first-order chi connectivity index (χ1) is 24.1. The summed E-state index contributed by atoms with van der Waals surface area (Å²) in [5, 5.41) is 2.36. The van der Waals surface area contributed by atoms with Crippen LogP contribution < -0.4 is 4.90 Å². The van der Waals surface area contributed by atoms with Crippen molar-refractivity contribution in [3.63, 3.8) is 0 Å². The molecule has 0 unspecified atom stereocenters. The summed E-state index contributed by atoms with van der Waals surface area (Å²) in [6, 6.07) is 58.1. The molecule has 0 fully saturated rings. The predicted molar refractivity (Wildman–Crippen MR) is 205 cm³/mol. The molecule has 7 aromatic carbocycles. The van der Waals surface area contributed by atoms with E-state index in [-0.39, 0.29) is 5.41 Å². The van der Waals surface area contributed by atoms with Crippen LogP contribution in [-0.2, 0) is 5.41 Å². The molecule has 0 atom stereocenters. The van der Waals surface area contributed by atoms with Crippen LogP contribution in [0.1, 0.15) is 25.0 Å². The number of rotatable bonds is 4. The Labute approximate surface area is 286 Å². The van der Waals surface area contributed by atoms with E-state index in [1.165, 1.54) is 33.3 Å². The van der Waals surface area contributed by atoms with E-state index >= 15 is 0 Å². The van der Waals surface area contributed by atoms with Crippen LogP contribution in [0.4, 0.5) is 22.7 Å². The third-order valence-electron chi connectivity index (χ3n) is 10.2. The molecular weight excluding hydrogens is 595 g/mol. The molecule has 1 aliphatic rings. The maximum atomic E-state index is 8.28. The molecule has 0 bridgehead atoms. The van der Waals surface area contributed by atoms with Crippen LogP contribution in [-0.4, -0.2) is 4.57 Å². The van der Waals surface area contributed by atoms with Crippen molar-refractivity contribution < 1.29 is 0 Å². The van der Waals surface area contributed by atoms with Crippen molar-refractivity contribution in [2.24, 2.45) is 0 Å². The van der Waals surface area contributed by atoms with Gasteiger partial charge in [-0.05, 0) is 75.8 Å². The van der Waals surface area contributed by atoms with E-state index in [0.29, 0.717) is 5.69 Å². The Morgan fingerprint density at radius 2 is 1.10 bits per heavy atom. The maximum Gasteiger partial charge on any atom is 0.211 e. The molecule has 49 heavy (non-hydrogen) atoms. The number of aromatic nitrogens is 1. The minimum Gasteiger partial charge on any atom is -0.318 e. The minimum atomic E-state index is -0.222.